The number of benzene rings is 1. The summed E-state index contributed by atoms with van der Waals surface area (Å²) in [6.45, 7) is 10.8. The number of rotatable bonds is 0. The molecule has 5 heteroatoms. The molecule has 0 bridgehead atoms. The molecule has 144 valence electrons. The molecule has 0 saturated heterocycles. The largest absolute Gasteiger partial charge is 4.00 e. The zero-order valence-corrected chi connectivity index (χ0v) is 22.2. The normalized spacial score (nSPS) is 15.8. The van der Waals surface area contributed by atoms with Gasteiger partial charge in [-0.25, -0.2) is 6.08 Å². The van der Waals surface area contributed by atoms with E-state index >= 15 is 0 Å². The van der Waals surface area contributed by atoms with Gasteiger partial charge in [0.15, 0.2) is 0 Å². The van der Waals surface area contributed by atoms with Crippen LogP contribution in [0.2, 0.25) is 0 Å². The Morgan fingerprint density at radius 3 is 2.39 bits per heavy atom. The summed E-state index contributed by atoms with van der Waals surface area (Å²) in [5.74, 6) is 0. The Labute approximate surface area is 207 Å². The number of fused-ring (bicyclic) bond motifs is 3. The van der Waals surface area contributed by atoms with Crippen LogP contribution in [0, 0.1) is 27.7 Å². The number of thioether (sulfide) groups is 1. The van der Waals surface area contributed by atoms with Gasteiger partial charge in [0.2, 0.25) is 0 Å². The summed E-state index contributed by atoms with van der Waals surface area (Å²) >= 11 is 3.78. The van der Waals surface area contributed by atoms with Crippen molar-refractivity contribution in [1.82, 2.24) is 0 Å². The fraction of sp³-hybridized carbons (Fsp3) is 0.261. The molecule has 28 heavy (non-hydrogen) atoms. The average Bonchev–Trinajstić information content (AvgIpc) is 3.21. The van der Waals surface area contributed by atoms with Crippen LogP contribution in [0.3, 0.4) is 0 Å². The molecule has 1 aliphatic heterocycles. The van der Waals surface area contributed by atoms with Crippen molar-refractivity contribution >= 4 is 45.5 Å². The smallest absolute Gasteiger partial charge is 1.00 e. The summed E-state index contributed by atoms with van der Waals surface area (Å²) < 4.78 is 1.36. The summed E-state index contributed by atoms with van der Waals surface area (Å²) in [6.07, 6.45) is 5.85. The van der Waals surface area contributed by atoms with Crippen molar-refractivity contribution in [3.05, 3.63) is 72.6 Å². The number of hydrogen-bond donors (Lipinski definition) is 0. The van der Waals surface area contributed by atoms with E-state index in [9.17, 15) is 0 Å². The van der Waals surface area contributed by atoms with Crippen LogP contribution in [0.15, 0.2) is 41.3 Å². The van der Waals surface area contributed by atoms with Crippen molar-refractivity contribution in [2.75, 3.05) is 0 Å². The SMILES string of the molecule is CC1=CC2=c3cc(C)sc3=[C-]C2S1.Cc1cc(C)c2cc(C)[cH-]c2c1.[Cl-].[Cl-].[Zr+4]. The van der Waals surface area contributed by atoms with E-state index < -0.39 is 0 Å². The maximum absolute atomic E-state index is 3.54. The zero-order valence-electron chi connectivity index (χ0n) is 16.6. The van der Waals surface area contributed by atoms with E-state index in [1.54, 1.807) is 0 Å². The minimum absolute atomic E-state index is 0. The first kappa shape index (κ1) is 25.9. The molecule has 1 atom stereocenters. The number of aryl methyl sites for hydroxylation is 4. The quantitative estimate of drug-likeness (QED) is 0.354. The van der Waals surface area contributed by atoms with Crippen LogP contribution in [0.4, 0.5) is 0 Å². The third-order valence-electron chi connectivity index (χ3n) is 4.69. The van der Waals surface area contributed by atoms with E-state index in [0.29, 0.717) is 5.25 Å². The molecule has 0 saturated carbocycles. The van der Waals surface area contributed by atoms with Gasteiger partial charge in [0.05, 0.1) is 0 Å². The fourth-order valence-corrected chi connectivity index (χ4v) is 5.80. The van der Waals surface area contributed by atoms with Gasteiger partial charge < -0.3 is 24.8 Å². The number of allylic oxidation sites excluding steroid dienone is 2. The van der Waals surface area contributed by atoms with Crippen molar-refractivity contribution in [3.63, 3.8) is 0 Å². The van der Waals surface area contributed by atoms with Gasteiger partial charge >= 0.3 is 26.2 Å². The van der Waals surface area contributed by atoms with Gasteiger partial charge in [0, 0.05) is 0 Å². The Hall–Kier alpha value is -0.177. The second-order valence-corrected chi connectivity index (χ2v) is 9.68. The Kier molecular flexibility index (Phi) is 9.44. The molecule has 2 aliphatic rings. The first-order valence-corrected chi connectivity index (χ1v) is 10.3. The van der Waals surface area contributed by atoms with Gasteiger partial charge in [0.25, 0.3) is 0 Å². The van der Waals surface area contributed by atoms with E-state index in [-0.39, 0.29) is 51.0 Å². The molecule has 3 aromatic rings. The van der Waals surface area contributed by atoms with Gasteiger partial charge in [-0.15, -0.1) is 56.4 Å². The zero-order chi connectivity index (χ0) is 17.7. The van der Waals surface area contributed by atoms with E-state index in [2.05, 4.69) is 77.1 Å². The average molecular weight is 525 g/mol. The molecule has 0 N–H and O–H groups in total. The minimum atomic E-state index is 0. The Morgan fingerprint density at radius 2 is 1.68 bits per heavy atom. The number of hydrogen-bond acceptors (Lipinski definition) is 2. The predicted octanol–water partition coefficient (Wildman–Crippen LogP) is -0.613. The molecular formula is C23H22Cl2S2Zr. The van der Waals surface area contributed by atoms with Crippen molar-refractivity contribution in [3.8, 4) is 0 Å². The second kappa shape index (κ2) is 10.2. The van der Waals surface area contributed by atoms with E-state index in [0.717, 1.165) is 0 Å². The number of thiophene rings is 1. The molecule has 0 radical (unpaired) electrons. The molecule has 1 unspecified atom stereocenters. The van der Waals surface area contributed by atoms with Gasteiger partial charge in [0.1, 0.15) is 0 Å². The van der Waals surface area contributed by atoms with E-state index in [1.165, 1.54) is 52.6 Å². The third-order valence-corrected chi connectivity index (χ3v) is 6.77. The molecule has 2 aromatic carbocycles. The monoisotopic (exact) mass is 522 g/mol. The van der Waals surface area contributed by atoms with Crippen molar-refractivity contribution in [1.29, 1.82) is 0 Å². The molecule has 1 aromatic heterocycles. The summed E-state index contributed by atoms with van der Waals surface area (Å²) in [5.41, 5.74) is 5.57. The summed E-state index contributed by atoms with van der Waals surface area (Å²) in [7, 11) is 0. The molecule has 1 aliphatic carbocycles. The van der Waals surface area contributed by atoms with Crippen molar-refractivity contribution in [2.24, 2.45) is 0 Å². The maximum atomic E-state index is 3.54. The summed E-state index contributed by atoms with van der Waals surface area (Å²) in [4.78, 5) is 2.81. The van der Waals surface area contributed by atoms with Gasteiger partial charge in [-0.1, -0.05) is 30.2 Å². The first-order chi connectivity index (χ1) is 11.9. The molecule has 0 spiro atoms. The minimum Gasteiger partial charge on any atom is -1.00 e. The Balaban J connectivity index is 0.000000254. The molecule has 0 nitrogen and oxygen atoms in total. The van der Waals surface area contributed by atoms with Crippen molar-refractivity contribution < 1.29 is 51.0 Å². The van der Waals surface area contributed by atoms with Crippen LogP contribution < -0.4 is 34.6 Å². The molecule has 0 fully saturated rings. The fourth-order valence-electron chi connectivity index (χ4n) is 3.70. The van der Waals surface area contributed by atoms with Gasteiger partial charge in [-0.05, 0) is 42.7 Å². The van der Waals surface area contributed by atoms with E-state index in [4.69, 9.17) is 0 Å². The Morgan fingerprint density at radius 1 is 0.964 bits per heavy atom. The molecule has 5 rings (SSSR count). The molecule has 2 heterocycles. The molecule has 0 amide bonds. The van der Waals surface area contributed by atoms with Crippen LogP contribution in [0.5, 0.6) is 0 Å². The van der Waals surface area contributed by atoms with E-state index in [1.807, 2.05) is 23.1 Å². The Bertz CT molecular complexity index is 1140. The van der Waals surface area contributed by atoms with Gasteiger partial charge in [-0.3, -0.25) is 0 Å². The number of halogens is 2. The van der Waals surface area contributed by atoms with Crippen LogP contribution in [0.1, 0.15) is 28.5 Å². The summed E-state index contributed by atoms with van der Waals surface area (Å²) in [6, 6.07) is 11.3. The van der Waals surface area contributed by atoms with Gasteiger partial charge in [-0.2, -0.15) is 22.6 Å². The predicted molar refractivity (Wildman–Crippen MR) is 114 cm³/mol. The molecular weight excluding hydrogens is 503 g/mol. The first-order valence-electron chi connectivity index (χ1n) is 8.64. The van der Waals surface area contributed by atoms with Crippen LogP contribution >= 0.6 is 23.1 Å². The summed E-state index contributed by atoms with van der Waals surface area (Å²) in [5, 5.41) is 4.71. The second-order valence-electron chi connectivity index (χ2n) is 7.07. The maximum Gasteiger partial charge on any atom is 4.00 e. The van der Waals surface area contributed by atoms with Crippen LogP contribution in [0.25, 0.3) is 22.4 Å². The topological polar surface area (TPSA) is 0 Å². The van der Waals surface area contributed by atoms with Crippen molar-refractivity contribution in [2.45, 2.75) is 39.9 Å². The van der Waals surface area contributed by atoms with Crippen LogP contribution in [-0.2, 0) is 26.2 Å². The standard InChI is InChI=1S/C12H13.C11H9S2.2ClH.Zr/c1-8-4-10(3)12-7-9(2)6-11(12)5-8;1-6-3-8-9-4-7(2)13-11(9)5-10(8)12-6;;;/h4-7H,1-3H3;3-4,10H,1-2H3;2*1H;/q2*-1;;;+4/p-2. The third kappa shape index (κ3) is 5.11. The van der Waals surface area contributed by atoms with Crippen LogP contribution in [-0.4, -0.2) is 5.25 Å².